The first-order valence-electron chi connectivity index (χ1n) is 4.94. The van der Waals surface area contributed by atoms with Gasteiger partial charge in [-0.05, 0) is 18.8 Å². The second kappa shape index (κ2) is 6.03. The summed E-state index contributed by atoms with van der Waals surface area (Å²) in [4.78, 5) is 0. The molecule has 0 fully saturated rings. The molecule has 0 saturated heterocycles. The molecule has 0 radical (unpaired) electrons. The van der Waals surface area contributed by atoms with Crippen molar-refractivity contribution < 1.29 is 4.74 Å². The zero-order valence-corrected chi connectivity index (χ0v) is 9.55. The van der Waals surface area contributed by atoms with Crippen LogP contribution in [0.3, 0.4) is 0 Å². The van der Waals surface area contributed by atoms with Crippen molar-refractivity contribution in [3.8, 4) is 0 Å². The van der Waals surface area contributed by atoms with E-state index in [-0.39, 0.29) is 6.10 Å². The largest absolute Gasteiger partial charge is 0.386 e. The smallest absolute Gasteiger partial charge is 0.0931 e. The van der Waals surface area contributed by atoms with E-state index in [4.69, 9.17) is 4.74 Å². The first kappa shape index (κ1) is 12.5. The fourth-order valence-electron chi connectivity index (χ4n) is 0.814. The van der Waals surface area contributed by atoms with Crippen LogP contribution in [-0.2, 0) is 4.74 Å². The number of ether oxygens (including phenoxy) is 1. The molecule has 0 aromatic rings. The Bertz CT molecular complexity index is 154. The van der Waals surface area contributed by atoms with E-state index in [1.165, 1.54) is 0 Å². The van der Waals surface area contributed by atoms with Crippen LogP contribution in [0, 0.1) is 11.8 Å². The molecule has 2 nitrogen and oxygen atoms in total. The lowest BCUT2D eigenvalue weighted by Crippen LogP contribution is -2.28. The summed E-state index contributed by atoms with van der Waals surface area (Å²) in [7, 11) is 1.70. The number of rotatable bonds is 6. The highest BCUT2D eigenvalue weighted by atomic mass is 16.5. The van der Waals surface area contributed by atoms with E-state index in [1.807, 2.05) is 6.92 Å². The van der Waals surface area contributed by atoms with Gasteiger partial charge >= 0.3 is 0 Å². The molecular formula is C11H23NO. The molecule has 0 unspecified atom stereocenters. The number of methoxy groups -OCH3 is 1. The Morgan fingerprint density at radius 3 is 2.23 bits per heavy atom. The van der Waals surface area contributed by atoms with Gasteiger partial charge in [0.2, 0.25) is 0 Å². The Kier molecular flexibility index (Phi) is 5.80. The standard InChI is InChI=1S/C11H23NO/c1-8(2)9(3)7-12-10(4)11(5)13-6/h8-9,11-12H,4,7H2,1-3,5-6H3/t9-,11-/m0/s1. The Balaban J connectivity index is 3.70. The Hall–Kier alpha value is -0.500. The van der Waals surface area contributed by atoms with E-state index < -0.39 is 0 Å². The van der Waals surface area contributed by atoms with Crippen LogP contribution in [-0.4, -0.2) is 19.8 Å². The first-order valence-corrected chi connectivity index (χ1v) is 4.94. The van der Waals surface area contributed by atoms with Crippen molar-refractivity contribution in [1.82, 2.24) is 5.32 Å². The highest BCUT2D eigenvalue weighted by Crippen LogP contribution is 2.09. The number of hydrogen-bond donors (Lipinski definition) is 1. The number of nitrogens with one attached hydrogen (secondary N) is 1. The van der Waals surface area contributed by atoms with Crippen molar-refractivity contribution in [3.63, 3.8) is 0 Å². The lowest BCUT2D eigenvalue weighted by molar-refractivity contribution is 0.140. The second-order valence-corrected chi connectivity index (χ2v) is 4.01. The second-order valence-electron chi connectivity index (χ2n) is 4.01. The van der Waals surface area contributed by atoms with E-state index in [1.54, 1.807) is 7.11 Å². The molecule has 0 bridgehead atoms. The van der Waals surface area contributed by atoms with Crippen molar-refractivity contribution >= 4 is 0 Å². The molecule has 0 aliphatic heterocycles. The van der Waals surface area contributed by atoms with Gasteiger partial charge in [-0.25, -0.2) is 0 Å². The molecule has 0 aliphatic rings. The van der Waals surface area contributed by atoms with Crippen LogP contribution < -0.4 is 5.32 Å². The summed E-state index contributed by atoms with van der Waals surface area (Å²) >= 11 is 0. The van der Waals surface area contributed by atoms with Crippen LogP contribution in [0.25, 0.3) is 0 Å². The van der Waals surface area contributed by atoms with Gasteiger partial charge in [-0.15, -0.1) is 0 Å². The normalized spacial score (nSPS) is 15.5. The number of hydrogen-bond acceptors (Lipinski definition) is 2. The van der Waals surface area contributed by atoms with Crippen LogP contribution in [0.15, 0.2) is 12.3 Å². The molecule has 0 amide bonds. The average Bonchev–Trinajstić information content (AvgIpc) is 2.11. The molecule has 13 heavy (non-hydrogen) atoms. The van der Waals surface area contributed by atoms with Crippen LogP contribution in [0.5, 0.6) is 0 Å². The predicted molar refractivity (Wildman–Crippen MR) is 57.6 cm³/mol. The summed E-state index contributed by atoms with van der Waals surface area (Å²) in [6.07, 6.45) is 0.0966. The summed E-state index contributed by atoms with van der Waals surface area (Å²) in [6, 6.07) is 0. The molecule has 0 rings (SSSR count). The molecular weight excluding hydrogens is 162 g/mol. The minimum atomic E-state index is 0.0966. The molecule has 78 valence electrons. The third kappa shape index (κ3) is 4.94. The third-order valence-electron chi connectivity index (χ3n) is 2.63. The Morgan fingerprint density at radius 1 is 1.31 bits per heavy atom. The Labute approximate surface area is 82.4 Å². The van der Waals surface area contributed by atoms with E-state index in [0.29, 0.717) is 11.8 Å². The van der Waals surface area contributed by atoms with E-state index in [0.717, 1.165) is 12.2 Å². The summed E-state index contributed by atoms with van der Waals surface area (Å²) in [6.45, 7) is 13.6. The Morgan fingerprint density at radius 2 is 1.85 bits per heavy atom. The maximum atomic E-state index is 5.14. The highest BCUT2D eigenvalue weighted by molar-refractivity contribution is 4.97. The first-order chi connectivity index (χ1) is 5.99. The lowest BCUT2D eigenvalue weighted by atomic mass is 9.98. The van der Waals surface area contributed by atoms with Crippen molar-refractivity contribution in [2.45, 2.75) is 33.8 Å². The minimum Gasteiger partial charge on any atom is -0.386 e. The van der Waals surface area contributed by atoms with E-state index in [2.05, 4.69) is 32.7 Å². The average molecular weight is 185 g/mol. The van der Waals surface area contributed by atoms with Gasteiger partial charge in [-0.2, -0.15) is 0 Å². The molecule has 0 aromatic heterocycles. The summed E-state index contributed by atoms with van der Waals surface area (Å²) in [5.41, 5.74) is 0.968. The zero-order valence-electron chi connectivity index (χ0n) is 9.55. The van der Waals surface area contributed by atoms with Crippen LogP contribution in [0.1, 0.15) is 27.7 Å². The van der Waals surface area contributed by atoms with Gasteiger partial charge < -0.3 is 10.1 Å². The highest BCUT2D eigenvalue weighted by Gasteiger charge is 2.09. The van der Waals surface area contributed by atoms with Gasteiger partial charge in [0.15, 0.2) is 0 Å². The summed E-state index contributed by atoms with van der Waals surface area (Å²) in [5, 5.41) is 3.29. The van der Waals surface area contributed by atoms with E-state index in [9.17, 15) is 0 Å². The molecule has 2 heteroatoms. The summed E-state index contributed by atoms with van der Waals surface area (Å²) < 4.78 is 5.14. The van der Waals surface area contributed by atoms with Crippen LogP contribution in [0.4, 0.5) is 0 Å². The van der Waals surface area contributed by atoms with Crippen LogP contribution >= 0.6 is 0 Å². The maximum Gasteiger partial charge on any atom is 0.0931 e. The zero-order chi connectivity index (χ0) is 10.4. The fraction of sp³-hybridized carbons (Fsp3) is 0.818. The third-order valence-corrected chi connectivity index (χ3v) is 2.63. The SMILES string of the molecule is C=C(NC[C@H](C)C(C)C)[C@H](C)OC. The van der Waals surface area contributed by atoms with Crippen molar-refractivity contribution in [3.05, 3.63) is 12.3 Å². The molecule has 0 spiro atoms. The van der Waals surface area contributed by atoms with Crippen molar-refractivity contribution in [1.29, 1.82) is 0 Å². The molecule has 0 saturated carbocycles. The monoisotopic (exact) mass is 185 g/mol. The van der Waals surface area contributed by atoms with Gasteiger partial charge in [0.1, 0.15) is 0 Å². The van der Waals surface area contributed by atoms with E-state index >= 15 is 0 Å². The fourth-order valence-corrected chi connectivity index (χ4v) is 0.814. The van der Waals surface area contributed by atoms with Gasteiger partial charge in [0.25, 0.3) is 0 Å². The molecule has 1 N–H and O–H groups in total. The molecule has 0 aliphatic carbocycles. The van der Waals surface area contributed by atoms with Gasteiger partial charge in [-0.3, -0.25) is 0 Å². The topological polar surface area (TPSA) is 21.3 Å². The van der Waals surface area contributed by atoms with Gasteiger partial charge in [-0.1, -0.05) is 27.4 Å². The lowest BCUT2D eigenvalue weighted by Gasteiger charge is -2.20. The molecule has 0 aromatic carbocycles. The van der Waals surface area contributed by atoms with Crippen molar-refractivity contribution in [2.24, 2.45) is 11.8 Å². The maximum absolute atomic E-state index is 5.14. The predicted octanol–water partition coefficient (Wildman–Crippen LogP) is 2.42. The van der Waals surface area contributed by atoms with Crippen molar-refractivity contribution in [2.75, 3.05) is 13.7 Å². The summed E-state index contributed by atoms with van der Waals surface area (Å²) in [5.74, 6) is 1.37. The molecule has 2 atom stereocenters. The van der Waals surface area contributed by atoms with Gasteiger partial charge in [0, 0.05) is 19.4 Å². The quantitative estimate of drug-likeness (QED) is 0.686. The van der Waals surface area contributed by atoms with Crippen LogP contribution in [0.2, 0.25) is 0 Å². The van der Waals surface area contributed by atoms with Gasteiger partial charge in [0.05, 0.1) is 6.10 Å². The minimum absolute atomic E-state index is 0.0966. The molecule has 0 heterocycles.